The zero-order chi connectivity index (χ0) is 20.3. The number of nitrogens with one attached hydrogen (secondary N) is 2. The molecule has 12 nitrogen and oxygen atoms in total. The maximum atomic E-state index is 12.0. The second-order valence-electron chi connectivity index (χ2n) is 5.28. The first-order valence-electron chi connectivity index (χ1n) is 7.54. The van der Waals surface area contributed by atoms with Gasteiger partial charge in [-0.1, -0.05) is 0 Å². The molecule has 2 amide bonds. The van der Waals surface area contributed by atoms with E-state index in [-0.39, 0.29) is 11.5 Å². The van der Waals surface area contributed by atoms with E-state index in [0.717, 1.165) is 12.1 Å². The first-order valence-corrected chi connectivity index (χ1v) is 7.54. The molecular weight excluding hydrogens is 376 g/mol. The molecule has 0 unspecified atom stereocenters. The van der Waals surface area contributed by atoms with Gasteiger partial charge in [-0.25, -0.2) is 0 Å². The number of benzene rings is 1. The molecule has 0 aliphatic carbocycles. The monoisotopic (exact) mass is 386 g/mol. The standard InChI is InChI=1S/C16H10N4O8/c21-15(11-5-7-13(27-11)19(23)24)17-9-1-2-10(4-3-9)18-16(22)12-6-8-14(28-12)20(25)26/h1-8H,(H,17,21)(H,18,22). The minimum atomic E-state index is -0.762. The summed E-state index contributed by atoms with van der Waals surface area (Å²) in [5.74, 6) is -2.95. The van der Waals surface area contributed by atoms with Crippen LogP contribution in [0.2, 0.25) is 0 Å². The summed E-state index contributed by atoms with van der Waals surface area (Å²) in [5.41, 5.74) is 0.686. The van der Waals surface area contributed by atoms with E-state index in [0.29, 0.717) is 11.4 Å². The van der Waals surface area contributed by atoms with Crippen LogP contribution in [0.25, 0.3) is 0 Å². The lowest BCUT2D eigenvalue weighted by Crippen LogP contribution is -2.12. The fourth-order valence-electron chi connectivity index (χ4n) is 2.12. The van der Waals surface area contributed by atoms with Crippen molar-refractivity contribution in [1.82, 2.24) is 0 Å². The molecule has 0 fully saturated rings. The van der Waals surface area contributed by atoms with Crippen molar-refractivity contribution in [3.8, 4) is 0 Å². The highest BCUT2D eigenvalue weighted by Gasteiger charge is 2.18. The minimum Gasteiger partial charge on any atom is -0.395 e. The van der Waals surface area contributed by atoms with Crippen LogP contribution in [-0.2, 0) is 0 Å². The van der Waals surface area contributed by atoms with E-state index in [2.05, 4.69) is 10.6 Å². The quantitative estimate of drug-likeness (QED) is 0.480. The second kappa shape index (κ2) is 7.41. The summed E-state index contributed by atoms with van der Waals surface area (Å²) in [5, 5.41) is 26.1. The Morgan fingerprint density at radius 3 is 1.32 bits per heavy atom. The lowest BCUT2D eigenvalue weighted by atomic mass is 10.2. The van der Waals surface area contributed by atoms with Crippen LogP contribution in [-0.4, -0.2) is 21.7 Å². The Balaban J connectivity index is 1.62. The zero-order valence-electron chi connectivity index (χ0n) is 13.8. The van der Waals surface area contributed by atoms with E-state index < -0.39 is 33.4 Å². The number of anilines is 2. The molecular formula is C16H10N4O8. The Bertz CT molecular complexity index is 981. The van der Waals surface area contributed by atoms with Crippen LogP contribution in [0.15, 0.2) is 57.4 Å². The minimum absolute atomic E-state index is 0.233. The molecule has 0 radical (unpaired) electrons. The molecule has 28 heavy (non-hydrogen) atoms. The summed E-state index contributed by atoms with van der Waals surface area (Å²) in [7, 11) is 0. The van der Waals surface area contributed by atoms with Gasteiger partial charge >= 0.3 is 11.8 Å². The summed E-state index contributed by atoms with van der Waals surface area (Å²) in [6, 6.07) is 10.3. The van der Waals surface area contributed by atoms with E-state index in [1.165, 1.54) is 36.4 Å². The van der Waals surface area contributed by atoms with Crippen molar-refractivity contribution in [2.45, 2.75) is 0 Å². The number of amides is 2. The molecule has 1 aromatic carbocycles. The Morgan fingerprint density at radius 2 is 1.04 bits per heavy atom. The Kier molecular flexibility index (Phi) is 4.85. The number of carbonyl (C=O) groups excluding carboxylic acids is 2. The van der Waals surface area contributed by atoms with Crippen molar-refractivity contribution >= 4 is 35.0 Å². The van der Waals surface area contributed by atoms with Crippen LogP contribution in [0.1, 0.15) is 21.1 Å². The average molecular weight is 386 g/mol. The van der Waals surface area contributed by atoms with Gasteiger partial charge in [0.1, 0.15) is 9.85 Å². The van der Waals surface area contributed by atoms with Crippen molar-refractivity contribution in [3.05, 3.63) is 80.3 Å². The van der Waals surface area contributed by atoms with E-state index in [1.807, 2.05) is 0 Å². The highest BCUT2D eigenvalue weighted by atomic mass is 16.7. The van der Waals surface area contributed by atoms with Crippen LogP contribution in [0, 0.1) is 20.2 Å². The van der Waals surface area contributed by atoms with E-state index in [9.17, 15) is 29.8 Å². The molecule has 2 aromatic heterocycles. The predicted octanol–water partition coefficient (Wildman–Crippen LogP) is 3.19. The van der Waals surface area contributed by atoms with Gasteiger partial charge in [0.2, 0.25) is 0 Å². The van der Waals surface area contributed by atoms with Gasteiger partial charge in [-0.05, 0) is 36.4 Å². The van der Waals surface area contributed by atoms with Crippen LogP contribution < -0.4 is 10.6 Å². The van der Waals surface area contributed by atoms with Crippen LogP contribution >= 0.6 is 0 Å². The molecule has 12 heteroatoms. The van der Waals surface area contributed by atoms with Gasteiger partial charge in [-0.2, -0.15) is 0 Å². The number of hydrogen-bond acceptors (Lipinski definition) is 8. The zero-order valence-corrected chi connectivity index (χ0v) is 13.8. The Morgan fingerprint density at radius 1 is 0.679 bits per heavy atom. The van der Waals surface area contributed by atoms with Crippen LogP contribution in [0.3, 0.4) is 0 Å². The summed E-state index contributed by atoms with van der Waals surface area (Å²) in [4.78, 5) is 43.6. The first kappa shape index (κ1) is 18.3. The summed E-state index contributed by atoms with van der Waals surface area (Å²) in [6.45, 7) is 0. The third-order valence-corrected chi connectivity index (χ3v) is 3.39. The van der Waals surface area contributed by atoms with Gasteiger partial charge in [0, 0.05) is 11.4 Å². The molecule has 0 atom stereocenters. The molecule has 142 valence electrons. The van der Waals surface area contributed by atoms with E-state index in [1.54, 1.807) is 0 Å². The number of hydrogen-bond donors (Lipinski definition) is 2. The smallest absolute Gasteiger partial charge is 0.395 e. The molecule has 3 aromatic rings. The maximum Gasteiger partial charge on any atom is 0.433 e. The molecule has 0 saturated heterocycles. The van der Waals surface area contributed by atoms with Crippen LogP contribution in [0.4, 0.5) is 23.1 Å². The third kappa shape index (κ3) is 4.01. The molecule has 3 rings (SSSR count). The van der Waals surface area contributed by atoms with E-state index in [4.69, 9.17) is 8.83 Å². The van der Waals surface area contributed by atoms with Gasteiger partial charge in [-0.15, -0.1) is 0 Å². The molecule has 0 aliphatic rings. The van der Waals surface area contributed by atoms with Crippen LogP contribution in [0.5, 0.6) is 0 Å². The van der Waals surface area contributed by atoms with Crippen molar-refractivity contribution in [2.75, 3.05) is 10.6 Å². The predicted molar refractivity (Wildman–Crippen MR) is 93.1 cm³/mol. The normalized spacial score (nSPS) is 10.3. The largest absolute Gasteiger partial charge is 0.433 e. The first-order chi connectivity index (χ1) is 13.3. The number of rotatable bonds is 6. The average Bonchev–Trinajstić information content (AvgIpc) is 3.33. The van der Waals surface area contributed by atoms with Crippen molar-refractivity contribution in [3.63, 3.8) is 0 Å². The lowest BCUT2D eigenvalue weighted by Gasteiger charge is -2.06. The van der Waals surface area contributed by atoms with Crippen molar-refractivity contribution in [2.24, 2.45) is 0 Å². The van der Waals surface area contributed by atoms with Crippen molar-refractivity contribution < 1.29 is 28.3 Å². The summed E-state index contributed by atoms with van der Waals surface area (Å²) >= 11 is 0. The maximum absolute atomic E-state index is 12.0. The molecule has 0 aliphatic heterocycles. The fourth-order valence-corrected chi connectivity index (χ4v) is 2.12. The van der Waals surface area contributed by atoms with Gasteiger partial charge in [0.05, 0.1) is 12.1 Å². The summed E-state index contributed by atoms with van der Waals surface area (Å²) in [6.07, 6.45) is 0. The fraction of sp³-hybridized carbons (Fsp3) is 0. The lowest BCUT2D eigenvalue weighted by molar-refractivity contribution is -0.402. The third-order valence-electron chi connectivity index (χ3n) is 3.39. The van der Waals surface area contributed by atoms with Gasteiger partial charge in [0.25, 0.3) is 11.8 Å². The number of furan rings is 2. The van der Waals surface area contributed by atoms with Gasteiger partial charge in [-0.3, -0.25) is 29.8 Å². The van der Waals surface area contributed by atoms with E-state index >= 15 is 0 Å². The second-order valence-corrected chi connectivity index (χ2v) is 5.28. The molecule has 0 bridgehead atoms. The Labute approximate surface area is 155 Å². The SMILES string of the molecule is O=C(Nc1ccc(NC(=O)c2ccc([N+](=O)[O-])o2)cc1)c1ccc([N+](=O)[O-])o1. The highest BCUT2D eigenvalue weighted by molar-refractivity contribution is 6.04. The van der Waals surface area contributed by atoms with Crippen molar-refractivity contribution in [1.29, 1.82) is 0 Å². The molecule has 2 N–H and O–H groups in total. The number of nitrogens with zero attached hydrogens (tertiary/aromatic N) is 2. The topological polar surface area (TPSA) is 171 Å². The number of carbonyl (C=O) groups is 2. The van der Waals surface area contributed by atoms with Gasteiger partial charge in [0.15, 0.2) is 11.5 Å². The molecule has 2 heterocycles. The summed E-state index contributed by atoms with van der Waals surface area (Å²) < 4.78 is 9.59. The number of nitro groups is 2. The molecule has 0 spiro atoms. The Hall–Kier alpha value is -4.48. The highest BCUT2D eigenvalue weighted by Crippen LogP contribution is 2.20. The molecule has 0 saturated carbocycles. The van der Waals surface area contributed by atoms with Gasteiger partial charge < -0.3 is 19.5 Å².